The molecular weight excluding hydrogens is 328 g/mol. The highest BCUT2D eigenvalue weighted by Crippen LogP contribution is 2.18. The van der Waals surface area contributed by atoms with Crippen molar-refractivity contribution in [2.45, 2.75) is 0 Å². The molecule has 5 heterocycles. The van der Waals surface area contributed by atoms with Gasteiger partial charge < -0.3 is 20.3 Å². The number of carbonyl (C=O) groups excluding carboxylic acids is 2. The highest BCUT2D eigenvalue weighted by atomic mass is 16.2. The second-order valence-corrected chi connectivity index (χ2v) is 6.29. The molecule has 2 aliphatic heterocycles. The molecule has 1 saturated heterocycles. The van der Waals surface area contributed by atoms with Crippen LogP contribution in [0.25, 0.3) is 24.3 Å². The lowest BCUT2D eigenvalue weighted by Gasteiger charge is -1.97. The number of nitrogens with one attached hydrogen (secondary N) is 4. The Hall–Kier alpha value is -3.80. The monoisotopic (exact) mass is 342 g/mol. The minimum atomic E-state index is -0.535. The summed E-state index contributed by atoms with van der Waals surface area (Å²) in [6, 6.07) is 11.6. The number of carbonyl (C=O) groups is 2. The zero-order valence-electron chi connectivity index (χ0n) is 13.6. The Kier molecular flexibility index (Phi) is 2.99. The van der Waals surface area contributed by atoms with Crippen LogP contribution >= 0.6 is 0 Å². The maximum atomic E-state index is 12.2. The van der Waals surface area contributed by atoms with Gasteiger partial charge in [-0.1, -0.05) is 0 Å². The second-order valence-electron chi connectivity index (χ2n) is 6.29. The van der Waals surface area contributed by atoms with Gasteiger partial charge in [-0.15, -0.1) is 0 Å². The first kappa shape index (κ1) is 14.5. The maximum Gasteiger partial charge on any atom is 0.251 e. The normalized spacial score (nSPS) is 15.7. The number of fused-ring (bicyclic) bond motifs is 8. The molecule has 0 saturated carbocycles. The van der Waals surface area contributed by atoms with E-state index in [0.717, 1.165) is 33.5 Å². The maximum absolute atomic E-state index is 12.2. The van der Waals surface area contributed by atoms with Gasteiger partial charge in [0.15, 0.2) is 0 Å². The van der Waals surface area contributed by atoms with Gasteiger partial charge >= 0.3 is 0 Å². The third kappa shape index (κ3) is 2.44. The smallest absolute Gasteiger partial charge is 0.251 e. The van der Waals surface area contributed by atoms with Crippen LogP contribution in [0.2, 0.25) is 0 Å². The zero-order valence-corrected chi connectivity index (χ0v) is 13.6. The molecule has 8 bridgehead atoms. The van der Waals surface area contributed by atoms with E-state index >= 15 is 0 Å². The van der Waals surface area contributed by atoms with Crippen molar-refractivity contribution in [3.8, 4) is 0 Å². The highest BCUT2D eigenvalue weighted by molar-refractivity contribution is 6.53. The van der Waals surface area contributed by atoms with E-state index in [9.17, 15) is 9.59 Å². The van der Waals surface area contributed by atoms with E-state index in [1.54, 1.807) is 12.2 Å². The average Bonchev–Trinajstić information content (AvgIpc) is 3.38. The lowest BCUT2D eigenvalue weighted by atomic mass is 10.2. The van der Waals surface area contributed by atoms with Crippen molar-refractivity contribution < 1.29 is 9.59 Å². The Morgan fingerprint density at radius 2 is 0.923 bits per heavy atom. The van der Waals surface area contributed by atoms with Crippen molar-refractivity contribution in [1.82, 2.24) is 20.3 Å². The van der Waals surface area contributed by atoms with E-state index in [1.807, 2.05) is 48.6 Å². The number of hydrogen-bond donors (Lipinski definition) is 4. The number of H-pyrrole nitrogens is 3. The van der Waals surface area contributed by atoms with Gasteiger partial charge in [-0.2, -0.15) is 0 Å². The van der Waals surface area contributed by atoms with Gasteiger partial charge in [-0.05, 0) is 60.7 Å². The lowest BCUT2D eigenvalue weighted by molar-refractivity contribution is -0.130. The van der Waals surface area contributed by atoms with Gasteiger partial charge in [-0.3, -0.25) is 9.59 Å². The van der Waals surface area contributed by atoms with Crippen LogP contribution in [0.15, 0.2) is 47.8 Å². The van der Waals surface area contributed by atoms with Crippen molar-refractivity contribution >= 4 is 35.9 Å². The number of ketones is 2. The fourth-order valence-electron chi connectivity index (χ4n) is 3.15. The largest absolute Gasteiger partial charge is 0.355 e. The molecule has 0 aliphatic carbocycles. The number of rotatable bonds is 0. The van der Waals surface area contributed by atoms with Crippen LogP contribution in [0.4, 0.5) is 0 Å². The summed E-state index contributed by atoms with van der Waals surface area (Å²) in [5, 5.41) is 4.85. The van der Waals surface area contributed by atoms with E-state index in [1.165, 1.54) is 0 Å². The third-order valence-electron chi connectivity index (χ3n) is 4.38. The van der Waals surface area contributed by atoms with Gasteiger partial charge in [0.1, 0.15) is 0 Å². The fraction of sp³-hybridized carbons (Fsp3) is 0. The highest BCUT2D eigenvalue weighted by Gasteiger charge is 2.31. The molecule has 0 unspecified atom stereocenters. The molecule has 2 aliphatic rings. The van der Waals surface area contributed by atoms with Crippen LogP contribution in [0, 0.1) is 0 Å². The zero-order chi connectivity index (χ0) is 17.7. The van der Waals surface area contributed by atoms with Crippen LogP contribution in [0.5, 0.6) is 0 Å². The molecule has 0 aromatic carbocycles. The lowest BCUT2D eigenvalue weighted by Crippen LogP contribution is -2.09. The molecule has 1 fully saturated rings. The van der Waals surface area contributed by atoms with Gasteiger partial charge in [0.2, 0.25) is 0 Å². The van der Waals surface area contributed by atoms with Crippen molar-refractivity contribution in [2.75, 3.05) is 0 Å². The quantitative estimate of drug-likeness (QED) is 0.455. The summed E-state index contributed by atoms with van der Waals surface area (Å²) in [6.45, 7) is 0. The van der Waals surface area contributed by atoms with Gasteiger partial charge in [0.25, 0.3) is 11.6 Å². The molecule has 6 nitrogen and oxygen atoms in total. The number of aromatic nitrogens is 3. The van der Waals surface area contributed by atoms with E-state index in [4.69, 9.17) is 0 Å². The molecule has 0 radical (unpaired) electrons. The molecule has 0 atom stereocenters. The summed E-state index contributed by atoms with van der Waals surface area (Å²) in [5.74, 6) is -1.07. The van der Waals surface area contributed by atoms with Crippen molar-refractivity contribution in [3.63, 3.8) is 0 Å². The predicted octanol–water partition coefficient (Wildman–Crippen LogP) is 0.765. The Morgan fingerprint density at radius 1 is 0.500 bits per heavy atom. The molecule has 3 aromatic heterocycles. The molecule has 126 valence electrons. The minimum Gasteiger partial charge on any atom is -0.355 e. The molecule has 3 aromatic rings. The van der Waals surface area contributed by atoms with Crippen LogP contribution < -0.4 is 16.0 Å². The second kappa shape index (κ2) is 5.35. The summed E-state index contributed by atoms with van der Waals surface area (Å²) >= 11 is 0. The number of Topliss-reactive ketones (excluding diaryl/α,β-unsaturated/α-hetero) is 2. The summed E-state index contributed by atoms with van der Waals surface area (Å²) in [4.78, 5) is 34.2. The molecule has 0 amide bonds. The van der Waals surface area contributed by atoms with Crippen LogP contribution in [0.3, 0.4) is 0 Å². The molecule has 5 rings (SSSR count). The predicted molar refractivity (Wildman–Crippen MR) is 97.9 cm³/mol. The van der Waals surface area contributed by atoms with Crippen LogP contribution in [-0.4, -0.2) is 26.5 Å². The van der Waals surface area contributed by atoms with E-state index in [0.29, 0.717) is 0 Å². The van der Waals surface area contributed by atoms with E-state index in [-0.39, 0.29) is 11.4 Å². The summed E-state index contributed by atoms with van der Waals surface area (Å²) in [5.41, 5.74) is 3.81. The number of allylic oxidation sites excluding steroid dienone is 2. The van der Waals surface area contributed by atoms with Crippen LogP contribution in [-0.2, 0) is 9.59 Å². The van der Waals surface area contributed by atoms with Gasteiger partial charge in [0, 0.05) is 33.5 Å². The third-order valence-corrected chi connectivity index (χ3v) is 4.38. The Balaban J connectivity index is 1.74. The topological polar surface area (TPSA) is 93.5 Å². The van der Waals surface area contributed by atoms with Crippen molar-refractivity contribution in [3.05, 3.63) is 81.3 Å². The van der Waals surface area contributed by atoms with Gasteiger partial charge in [-0.25, -0.2) is 0 Å². The van der Waals surface area contributed by atoms with Crippen molar-refractivity contribution in [2.24, 2.45) is 0 Å². The minimum absolute atomic E-state index is 0.266. The number of aromatic amines is 3. The SMILES string of the molecule is O=C1C(=O)C2=Cc3ccc([nH]3)C=c3ccc([nH]3)=Cc3ccc([nH]3)C=C1N2. The number of hydrogen-bond acceptors (Lipinski definition) is 3. The van der Waals surface area contributed by atoms with Crippen molar-refractivity contribution in [1.29, 1.82) is 0 Å². The standard InChI is InChI=1S/C20H14N4O2/c25-19-17-9-15-5-3-13(22-15)7-11-1-2-12(21-11)8-14-4-6-16(23-14)10-18(24-17)20(19)26/h1-10,21-24H. The van der Waals surface area contributed by atoms with E-state index < -0.39 is 11.6 Å². The van der Waals surface area contributed by atoms with Gasteiger partial charge in [0.05, 0.1) is 11.4 Å². The summed E-state index contributed by atoms with van der Waals surface area (Å²) < 4.78 is 0. The Bertz CT molecular complexity index is 1150. The summed E-state index contributed by atoms with van der Waals surface area (Å²) in [6.07, 6.45) is 7.26. The molecule has 26 heavy (non-hydrogen) atoms. The van der Waals surface area contributed by atoms with E-state index in [2.05, 4.69) is 20.3 Å². The first-order valence-electron chi connectivity index (χ1n) is 8.20. The molecule has 6 heteroatoms. The fourth-order valence-corrected chi connectivity index (χ4v) is 3.15. The average molecular weight is 342 g/mol. The van der Waals surface area contributed by atoms with Crippen LogP contribution in [0.1, 0.15) is 22.8 Å². The summed E-state index contributed by atoms with van der Waals surface area (Å²) in [7, 11) is 0. The molecule has 0 spiro atoms. The molecule has 4 N–H and O–H groups in total. The Morgan fingerprint density at radius 3 is 1.38 bits per heavy atom. The first-order valence-corrected chi connectivity index (χ1v) is 8.20. The molecular formula is C20H14N4O2. The first-order chi connectivity index (χ1) is 12.6. The Labute approximate surface area is 147 Å².